The number of esters is 2. The zero-order valence-corrected chi connectivity index (χ0v) is 14.8. The third-order valence-electron chi connectivity index (χ3n) is 2.96. The average molecular weight is 308 g/mol. The molecule has 124 valence electrons. The zero-order valence-electron chi connectivity index (χ0n) is 14.8. The lowest BCUT2D eigenvalue weighted by Gasteiger charge is -2.39. The van der Waals surface area contributed by atoms with Gasteiger partial charge in [-0.05, 0) is 10.8 Å². The molecular weight excluding hydrogens is 280 g/mol. The summed E-state index contributed by atoms with van der Waals surface area (Å²) in [5.74, 6) is -1.06. The highest BCUT2D eigenvalue weighted by Crippen LogP contribution is 2.36. The first-order valence-electron chi connectivity index (χ1n) is 7.29. The van der Waals surface area contributed by atoms with E-state index >= 15 is 0 Å². The molecule has 0 radical (unpaired) electrons. The minimum atomic E-state index is -0.572. The predicted molar refractivity (Wildman–Crippen MR) is 87.2 cm³/mol. The fourth-order valence-electron chi connectivity index (χ4n) is 2.38. The van der Waals surface area contributed by atoms with Crippen LogP contribution >= 0.6 is 0 Å². The summed E-state index contributed by atoms with van der Waals surface area (Å²) in [5, 5.41) is 0. The van der Waals surface area contributed by atoms with E-state index in [0.717, 1.165) is 6.08 Å². The first-order chi connectivity index (χ1) is 9.93. The molecule has 0 spiro atoms. The Morgan fingerprint density at radius 1 is 1.14 bits per heavy atom. The number of carbonyl (C=O) groups is 2. The molecular formula is C18H28O4. The van der Waals surface area contributed by atoms with Gasteiger partial charge in [0.1, 0.15) is 6.10 Å². The van der Waals surface area contributed by atoms with E-state index in [4.69, 9.17) is 4.74 Å². The molecule has 0 aliphatic heterocycles. The molecule has 0 atom stereocenters. The highest BCUT2D eigenvalue weighted by molar-refractivity contribution is 5.90. The summed E-state index contributed by atoms with van der Waals surface area (Å²) in [4.78, 5) is 23.5. The van der Waals surface area contributed by atoms with Crippen LogP contribution in [0.15, 0.2) is 30.0 Å². The van der Waals surface area contributed by atoms with Crippen molar-refractivity contribution in [2.45, 2.75) is 54.1 Å². The van der Waals surface area contributed by atoms with Gasteiger partial charge < -0.3 is 9.47 Å². The Bertz CT molecular complexity index is 466. The normalized spacial score (nSPS) is 11.5. The molecule has 0 rings (SSSR count). The van der Waals surface area contributed by atoms with Gasteiger partial charge in [0.05, 0.1) is 18.8 Å². The molecule has 0 unspecified atom stereocenters. The third kappa shape index (κ3) is 6.77. The molecule has 0 amide bonds. The minimum Gasteiger partial charge on any atom is -0.465 e. The number of rotatable bonds is 5. The van der Waals surface area contributed by atoms with Crippen LogP contribution in [0.1, 0.15) is 48.0 Å². The average Bonchev–Trinajstić information content (AvgIpc) is 2.37. The van der Waals surface area contributed by atoms with Crippen molar-refractivity contribution in [3.63, 3.8) is 0 Å². The van der Waals surface area contributed by atoms with E-state index in [-0.39, 0.29) is 28.9 Å². The lowest BCUT2D eigenvalue weighted by molar-refractivity contribution is -0.159. The van der Waals surface area contributed by atoms with Crippen LogP contribution < -0.4 is 0 Å². The number of carbonyl (C=O) groups excluding carboxylic acids is 2. The maximum atomic E-state index is 12.4. The Hall–Kier alpha value is -1.80. The van der Waals surface area contributed by atoms with Crippen LogP contribution in [-0.2, 0) is 19.1 Å². The third-order valence-corrected chi connectivity index (χ3v) is 2.96. The lowest BCUT2D eigenvalue weighted by atomic mass is 9.74. The molecule has 0 saturated carbocycles. The maximum Gasteiger partial charge on any atom is 0.342 e. The smallest absolute Gasteiger partial charge is 0.342 e. The standard InChI is InChI=1S/C18H28O4/c1-9-10-13(11-12-14(19)21-8)15(20)22-16(17(2,3)4)18(5,6)7/h9,12,16H,1,10H2,2-8H3. The van der Waals surface area contributed by atoms with Crippen LogP contribution in [0.2, 0.25) is 0 Å². The van der Waals surface area contributed by atoms with E-state index in [1.807, 2.05) is 41.5 Å². The van der Waals surface area contributed by atoms with Crippen molar-refractivity contribution >= 4 is 11.9 Å². The van der Waals surface area contributed by atoms with E-state index in [1.54, 1.807) is 6.08 Å². The van der Waals surface area contributed by atoms with Crippen molar-refractivity contribution in [2.24, 2.45) is 10.8 Å². The molecule has 0 aromatic rings. The Labute approximate surface area is 133 Å². The summed E-state index contributed by atoms with van der Waals surface area (Å²) in [7, 11) is 1.27. The van der Waals surface area contributed by atoms with Gasteiger partial charge in [-0.1, -0.05) is 47.6 Å². The molecule has 0 saturated heterocycles. The van der Waals surface area contributed by atoms with Crippen molar-refractivity contribution in [3.8, 4) is 0 Å². The number of hydrogen-bond acceptors (Lipinski definition) is 4. The summed E-state index contributed by atoms with van der Waals surface area (Å²) in [6.07, 6.45) is 2.64. The fraction of sp³-hybridized carbons (Fsp3) is 0.611. The Balaban J connectivity index is 5.46. The van der Waals surface area contributed by atoms with Gasteiger partial charge in [0.15, 0.2) is 0 Å². The minimum absolute atomic E-state index is 0.209. The molecule has 0 aliphatic rings. The van der Waals surface area contributed by atoms with Crippen LogP contribution in [-0.4, -0.2) is 25.2 Å². The van der Waals surface area contributed by atoms with E-state index in [9.17, 15) is 9.59 Å². The van der Waals surface area contributed by atoms with Gasteiger partial charge in [-0.3, -0.25) is 0 Å². The highest BCUT2D eigenvalue weighted by atomic mass is 16.5. The van der Waals surface area contributed by atoms with E-state index in [1.165, 1.54) is 7.11 Å². The van der Waals surface area contributed by atoms with Crippen LogP contribution in [0.4, 0.5) is 0 Å². The van der Waals surface area contributed by atoms with Gasteiger partial charge >= 0.3 is 11.9 Å². The number of allylic oxidation sites excluding steroid dienone is 1. The van der Waals surface area contributed by atoms with Crippen LogP contribution in [0.3, 0.4) is 0 Å². The molecule has 0 aromatic carbocycles. The fourth-order valence-corrected chi connectivity index (χ4v) is 2.38. The monoisotopic (exact) mass is 308 g/mol. The van der Waals surface area contributed by atoms with Gasteiger partial charge in [0.2, 0.25) is 0 Å². The van der Waals surface area contributed by atoms with Gasteiger partial charge in [-0.2, -0.15) is 0 Å². The summed E-state index contributed by atoms with van der Waals surface area (Å²) in [6.45, 7) is 15.8. The lowest BCUT2D eigenvalue weighted by Crippen LogP contribution is -2.42. The molecule has 0 aliphatic carbocycles. The molecule has 22 heavy (non-hydrogen) atoms. The van der Waals surface area contributed by atoms with Crippen molar-refractivity contribution in [3.05, 3.63) is 30.0 Å². The number of ether oxygens (including phenoxy) is 2. The predicted octanol–water partition coefficient (Wildman–Crippen LogP) is 3.82. The first kappa shape index (κ1) is 20.2. The maximum absolute atomic E-state index is 12.4. The van der Waals surface area contributed by atoms with Gasteiger partial charge in [-0.25, -0.2) is 9.59 Å². The number of hydrogen-bond donors (Lipinski definition) is 0. The summed E-state index contributed by atoms with van der Waals surface area (Å²) < 4.78 is 10.2. The van der Waals surface area contributed by atoms with Crippen molar-refractivity contribution < 1.29 is 19.1 Å². The van der Waals surface area contributed by atoms with E-state index in [2.05, 4.69) is 17.0 Å². The molecule has 4 heteroatoms. The summed E-state index contributed by atoms with van der Waals surface area (Å²) >= 11 is 0. The molecule has 0 aromatic heterocycles. The van der Waals surface area contributed by atoms with Crippen LogP contribution in [0.5, 0.6) is 0 Å². The molecule has 0 bridgehead atoms. The second-order valence-electron chi connectivity index (χ2n) is 7.30. The summed E-state index contributed by atoms with van der Waals surface area (Å²) in [5.41, 5.74) is 2.48. The van der Waals surface area contributed by atoms with Gasteiger partial charge in [0.25, 0.3) is 0 Å². The van der Waals surface area contributed by atoms with Crippen molar-refractivity contribution in [1.82, 2.24) is 0 Å². The van der Waals surface area contributed by atoms with E-state index in [0.29, 0.717) is 0 Å². The SMILES string of the molecule is C=CCC(=C=CC(=O)OC)C(=O)OC(C(C)(C)C)C(C)(C)C. The first-order valence-corrected chi connectivity index (χ1v) is 7.29. The highest BCUT2D eigenvalue weighted by Gasteiger charge is 2.38. The zero-order chi connectivity index (χ0) is 17.6. The van der Waals surface area contributed by atoms with Crippen LogP contribution in [0, 0.1) is 10.8 Å². The van der Waals surface area contributed by atoms with Gasteiger partial charge in [0, 0.05) is 6.42 Å². The van der Waals surface area contributed by atoms with Crippen molar-refractivity contribution in [2.75, 3.05) is 7.11 Å². The second kappa shape index (κ2) is 8.00. The molecule has 4 nitrogen and oxygen atoms in total. The van der Waals surface area contributed by atoms with Crippen LogP contribution in [0.25, 0.3) is 0 Å². The Morgan fingerprint density at radius 2 is 1.64 bits per heavy atom. The molecule has 0 N–H and O–H groups in total. The van der Waals surface area contributed by atoms with Gasteiger partial charge in [-0.15, -0.1) is 12.3 Å². The van der Waals surface area contributed by atoms with Crippen molar-refractivity contribution in [1.29, 1.82) is 0 Å². The van der Waals surface area contributed by atoms with E-state index < -0.39 is 11.9 Å². The number of methoxy groups -OCH3 is 1. The molecule has 0 heterocycles. The quantitative estimate of drug-likeness (QED) is 0.335. The summed E-state index contributed by atoms with van der Waals surface area (Å²) in [6, 6.07) is 0. The topological polar surface area (TPSA) is 52.6 Å². The molecule has 0 fully saturated rings. The Kier molecular flexibility index (Phi) is 7.34. The largest absolute Gasteiger partial charge is 0.465 e. The Morgan fingerprint density at radius 3 is 2.00 bits per heavy atom. The second-order valence-corrected chi connectivity index (χ2v) is 7.30.